The van der Waals surface area contributed by atoms with Crippen LogP contribution in [0.4, 0.5) is 28.0 Å². The monoisotopic (exact) mass is 335 g/mol. The highest BCUT2D eigenvalue weighted by Crippen LogP contribution is 2.23. The van der Waals surface area contributed by atoms with Gasteiger partial charge in [-0.25, -0.2) is 9.18 Å². The number of carbonyl (C=O) groups is 1. The van der Waals surface area contributed by atoms with Gasteiger partial charge in [0.1, 0.15) is 12.4 Å². The summed E-state index contributed by atoms with van der Waals surface area (Å²) in [6.07, 6.45) is -5.30. The third-order valence-corrected chi connectivity index (χ3v) is 3.72. The van der Waals surface area contributed by atoms with Gasteiger partial charge >= 0.3 is 12.3 Å². The highest BCUT2D eigenvalue weighted by molar-refractivity contribution is 5.84. The molecule has 4 nitrogen and oxygen atoms in total. The number of halogens is 4. The highest BCUT2D eigenvalue weighted by atomic mass is 19.4. The molecule has 0 aromatic heterocycles. The van der Waals surface area contributed by atoms with E-state index in [1.54, 1.807) is 0 Å². The zero-order chi connectivity index (χ0) is 16.9. The molecular weight excluding hydrogens is 316 g/mol. The fourth-order valence-electron chi connectivity index (χ4n) is 2.59. The predicted molar refractivity (Wildman–Crippen MR) is 75.8 cm³/mol. The van der Waals surface area contributed by atoms with Crippen LogP contribution in [-0.4, -0.2) is 38.0 Å². The van der Waals surface area contributed by atoms with Crippen molar-refractivity contribution in [2.75, 3.05) is 25.0 Å². The molecule has 1 heterocycles. The predicted octanol–water partition coefficient (Wildman–Crippen LogP) is 2.37. The molecule has 1 amide bonds. The number of nitrogens with one attached hydrogen (secondary N) is 2. The van der Waals surface area contributed by atoms with Gasteiger partial charge in [0.15, 0.2) is 0 Å². The molecule has 0 saturated carbocycles. The molecule has 1 aliphatic rings. The lowest BCUT2D eigenvalue weighted by Gasteiger charge is -2.28. The van der Waals surface area contributed by atoms with Crippen molar-refractivity contribution < 1.29 is 32.0 Å². The Bertz CT molecular complexity index is 530. The third kappa shape index (κ3) is 5.70. The number of quaternary nitrogens is 1. The maximum absolute atomic E-state index is 13.1. The number of alkyl halides is 3. The second kappa shape index (κ2) is 7.63. The van der Waals surface area contributed by atoms with Crippen molar-refractivity contribution in [1.82, 2.24) is 0 Å². The lowest BCUT2D eigenvalue weighted by molar-refractivity contribution is -0.909. The summed E-state index contributed by atoms with van der Waals surface area (Å²) in [6.45, 7) is 0.975. The first kappa shape index (κ1) is 17.5. The van der Waals surface area contributed by atoms with E-state index in [1.807, 2.05) is 0 Å². The molecule has 0 aliphatic carbocycles. The Morgan fingerprint density at radius 2 is 1.96 bits per heavy atom. The molecule has 2 N–H and O–H groups in total. The Hall–Kier alpha value is -1.83. The van der Waals surface area contributed by atoms with Crippen LogP contribution in [0.2, 0.25) is 0 Å². The molecule has 23 heavy (non-hydrogen) atoms. The van der Waals surface area contributed by atoms with Gasteiger partial charge in [0, 0.05) is 5.69 Å². The first-order valence-corrected chi connectivity index (χ1v) is 7.48. The van der Waals surface area contributed by atoms with Crippen LogP contribution in [0.15, 0.2) is 24.3 Å². The number of ether oxygens (including phenoxy) is 1. The highest BCUT2D eigenvalue weighted by Gasteiger charge is 2.45. The molecule has 0 radical (unpaired) electrons. The lowest BCUT2D eigenvalue weighted by Crippen LogP contribution is -3.14. The molecule has 0 spiro atoms. The number of benzene rings is 1. The van der Waals surface area contributed by atoms with E-state index in [0.29, 0.717) is 13.1 Å². The normalized spacial score (nSPS) is 17.6. The van der Waals surface area contributed by atoms with Crippen molar-refractivity contribution in [3.05, 3.63) is 30.1 Å². The number of carbonyl (C=O) groups excluding carboxylic acids is 1. The van der Waals surface area contributed by atoms with Gasteiger partial charge in [0.05, 0.1) is 13.1 Å². The summed E-state index contributed by atoms with van der Waals surface area (Å²) in [6, 6.07) is 4.86. The molecule has 1 saturated heterocycles. The van der Waals surface area contributed by atoms with Gasteiger partial charge in [-0.2, -0.15) is 13.2 Å². The van der Waals surface area contributed by atoms with Crippen molar-refractivity contribution in [1.29, 1.82) is 0 Å². The molecular formula is C15H19F4N2O2+. The Morgan fingerprint density at radius 1 is 1.26 bits per heavy atom. The van der Waals surface area contributed by atoms with Gasteiger partial charge in [0.25, 0.3) is 0 Å². The quantitative estimate of drug-likeness (QED) is 0.830. The Morgan fingerprint density at radius 3 is 2.57 bits per heavy atom. The van der Waals surface area contributed by atoms with Gasteiger partial charge in [-0.3, -0.25) is 5.32 Å². The summed E-state index contributed by atoms with van der Waals surface area (Å²) in [7, 11) is 0. The summed E-state index contributed by atoms with van der Waals surface area (Å²) >= 11 is 0. The van der Waals surface area contributed by atoms with Crippen LogP contribution in [0.5, 0.6) is 0 Å². The van der Waals surface area contributed by atoms with Crippen LogP contribution in [0.1, 0.15) is 19.3 Å². The van der Waals surface area contributed by atoms with Crippen molar-refractivity contribution >= 4 is 11.8 Å². The Labute approximate surface area is 131 Å². The molecule has 0 bridgehead atoms. The third-order valence-electron chi connectivity index (χ3n) is 3.72. The van der Waals surface area contributed by atoms with Crippen molar-refractivity contribution in [2.45, 2.75) is 31.5 Å². The minimum absolute atomic E-state index is 0.0428. The van der Waals surface area contributed by atoms with E-state index in [9.17, 15) is 22.4 Å². The van der Waals surface area contributed by atoms with Crippen LogP contribution < -0.4 is 10.2 Å². The molecule has 1 atom stereocenters. The topological polar surface area (TPSA) is 42.8 Å². The van der Waals surface area contributed by atoms with Gasteiger partial charge in [0.2, 0.25) is 6.10 Å². The van der Waals surface area contributed by atoms with E-state index in [-0.39, 0.29) is 12.2 Å². The molecule has 1 aromatic carbocycles. The van der Waals surface area contributed by atoms with Crippen LogP contribution in [-0.2, 0) is 4.74 Å². The fraction of sp³-hybridized carbons (Fsp3) is 0.533. The second-order valence-corrected chi connectivity index (χ2v) is 5.59. The van der Waals surface area contributed by atoms with Crippen molar-refractivity contribution in [3.8, 4) is 0 Å². The number of rotatable bonds is 4. The summed E-state index contributed by atoms with van der Waals surface area (Å²) in [5.41, 5.74) is 0.0428. The Balaban J connectivity index is 1.95. The minimum Gasteiger partial charge on any atom is -0.430 e. The molecule has 128 valence electrons. The molecule has 8 heteroatoms. The largest absolute Gasteiger partial charge is 0.431 e. The Kier molecular flexibility index (Phi) is 5.81. The number of likely N-dealkylation sites (tertiary alicyclic amines) is 1. The van der Waals surface area contributed by atoms with Crippen LogP contribution in [0, 0.1) is 5.82 Å². The van der Waals surface area contributed by atoms with Gasteiger partial charge < -0.3 is 9.64 Å². The fourth-order valence-corrected chi connectivity index (χ4v) is 2.59. The molecule has 0 unspecified atom stereocenters. The van der Waals surface area contributed by atoms with Crippen molar-refractivity contribution in [3.63, 3.8) is 0 Å². The number of piperidine rings is 1. The van der Waals surface area contributed by atoms with Crippen LogP contribution in [0.25, 0.3) is 0 Å². The van der Waals surface area contributed by atoms with E-state index in [0.717, 1.165) is 36.3 Å². The number of hydrogen-bond donors (Lipinski definition) is 2. The van der Waals surface area contributed by atoms with Gasteiger partial charge in [-0.1, -0.05) is 6.07 Å². The molecule has 1 aliphatic heterocycles. The standard InChI is InChI=1S/C15H18F4N2O2/c16-11-5-4-6-12(9-11)20-14(22)23-13(15(17,18)19)10-21-7-2-1-3-8-21/h4-6,9,13H,1-3,7-8,10H2,(H,20,22)/p+1/t13-/m0/s1. The second-order valence-electron chi connectivity index (χ2n) is 5.59. The van der Waals surface area contributed by atoms with E-state index in [1.165, 1.54) is 12.1 Å². The molecule has 1 aromatic rings. The van der Waals surface area contributed by atoms with Crippen molar-refractivity contribution in [2.24, 2.45) is 0 Å². The number of anilines is 1. The number of hydrogen-bond acceptors (Lipinski definition) is 2. The van der Waals surface area contributed by atoms with Crippen LogP contribution in [0.3, 0.4) is 0 Å². The average Bonchev–Trinajstić information content (AvgIpc) is 2.46. The minimum atomic E-state index is -4.64. The first-order chi connectivity index (χ1) is 10.8. The first-order valence-electron chi connectivity index (χ1n) is 7.48. The lowest BCUT2D eigenvalue weighted by atomic mass is 10.1. The number of amides is 1. The zero-order valence-electron chi connectivity index (χ0n) is 12.5. The summed E-state index contributed by atoms with van der Waals surface area (Å²) in [4.78, 5) is 12.4. The SMILES string of the molecule is O=C(Nc1cccc(F)c1)O[C@@H](C[NH+]1CCCCC1)C(F)(F)F. The molecule has 1 fully saturated rings. The van der Waals surface area contributed by atoms with Gasteiger partial charge in [-0.15, -0.1) is 0 Å². The van der Waals surface area contributed by atoms with E-state index >= 15 is 0 Å². The smallest absolute Gasteiger partial charge is 0.430 e. The maximum Gasteiger partial charge on any atom is 0.431 e. The van der Waals surface area contributed by atoms with E-state index < -0.39 is 24.2 Å². The average molecular weight is 335 g/mol. The summed E-state index contributed by atoms with van der Waals surface area (Å²) < 4.78 is 56.7. The maximum atomic E-state index is 13.1. The summed E-state index contributed by atoms with van der Waals surface area (Å²) in [5.74, 6) is -0.604. The van der Waals surface area contributed by atoms with E-state index in [2.05, 4.69) is 10.1 Å². The van der Waals surface area contributed by atoms with Gasteiger partial charge in [-0.05, 0) is 37.5 Å². The summed E-state index contributed by atoms with van der Waals surface area (Å²) in [5, 5.41) is 2.11. The van der Waals surface area contributed by atoms with Crippen LogP contribution >= 0.6 is 0 Å². The molecule has 2 rings (SSSR count). The van der Waals surface area contributed by atoms with E-state index in [4.69, 9.17) is 0 Å². The zero-order valence-corrected chi connectivity index (χ0v) is 12.5.